The molecule has 0 radical (unpaired) electrons. The van der Waals surface area contributed by atoms with Crippen molar-refractivity contribution >= 4 is 6.09 Å². The number of ether oxygens (including phenoxy) is 1. The maximum atomic E-state index is 10.8. The molecule has 1 amide bonds. The van der Waals surface area contributed by atoms with Crippen molar-refractivity contribution in [1.29, 1.82) is 0 Å². The summed E-state index contributed by atoms with van der Waals surface area (Å²) in [6, 6.07) is 7.59. The van der Waals surface area contributed by atoms with E-state index in [0.717, 1.165) is 18.4 Å². The van der Waals surface area contributed by atoms with Crippen molar-refractivity contribution in [3.05, 3.63) is 29.8 Å². The van der Waals surface area contributed by atoms with Crippen LogP contribution in [0.15, 0.2) is 24.3 Å². The Morgan fingerprint density at radius 3 is 2.50 bits per heavy atom. The molecule has 1 rings (SSSR count). The third-order valence-corrected chi connectivity index (χ3v) is 2.98. The minimum Gasteiger partial charge on any atom is -0.410 e. The van der Waals surface area contributed by atoms with Gasteiger partial charge in [-0.1, -0.05) is 57.2 Å². The molecule has 1 aromatic carbocycles. The molecular formula is C15H23NO2. The average molecular weight is 249 g/mol. The van der Waals surface area contributed by atoms with Crippen molar-refractivity contribution in [3.63, 3.8) is 0 Å². The zero-order valence-electron chi connectivity index (χ0n) is 11.2. The van der Waals surface area contributed by atoms with Crippen LogP contribution in [-0.4, -0.2) is 6.09 Å². The number of rotatable bonds is 8. The molecule has 0 aliphatic heterocycles. The molecule has 0 saturated heterocycles. The van der Waals surface area contributed by atoms with Gasteiger partial charge in [0.05, 0.1) is 0 Å². The van der Waals surface area contributed by atoms with Gasteiger partial charge in [0, 0.05) is 0 Å². The number of amides is 1. The van der Waals surface area contributed by atoms with E-state index in [0.29, 0.717) is 5.75 Å². The first-order chi connectivity index (χ1) is 8.74. The fourth-order valence-corrected chi connectivity index (χ4v) is 2.01. The number of carbonyl (C=O) groups excluding carboxylic acids is 1. The van der Waals surface area contributed by atoms with Gasteiger partial charge in [0.2, 0.25) is 0 Å². The predicted molar refractivity (Wildman–Crippen MR) is 73.7 cm³/mol. The highest BCUT2D eigenvalue weighted by atomic mass is 16.5. The monoisotopic (exact) mass is 249 g/mol. The zero-order chi connectivity index (χ0) is 13.2. The van der Waals surface area contributed by atoms with Gasteiger partial charge in [-0.05, 0) is 24.5 Å². The van der Waals surface area contributed by atoms with Crippen LogP contribution < -0.4 is 10.5 Å². The maximum Gasteiger partial charge on any atom is 0.409 e. The molecule has 0 spiro atoms. The number of benzene rings is 1. The first-order valence-corrected chi connectivity index (χ1v) is 6.79. The zero-order valence-corrected chi connectivity index (χ0v) is 11.2. The number of primary amides is 1. The summed E-state index contributed by atoms with van der Waals surface area (Å²) in [7, 11) is 0. The molecule has 0 bridgehead atoms. The van der Waals surface area contributed by atoms with Crippen LogP contribution in [0.2, 0.25) is 0 Å². The molecule has 3 nitrogen and oxygen atoms in total. The predicted octanol–water partition coefficient (Wildman–Crippen LogP) is 4.05. The van der Waals surface area contributed by atoms with Crippen molar-refractivity contribution in [3.8, 4) is 5.75 Å². The van der Waals surface area contributed by atoms with Crippen LogP contribution in [0, 0.1) is 0 Å². The molecule has 0 aliphatic rings. The highest BCUT2D eigenvalue weighted by molar-refractivity contribution is 5.68. The number of nitrogens with two attached hydrogens (primary N) is 1. The summed E-state index contributed by atoms with van der Waals surface area (Å²) in [6.45, 7) is 2.22. The van der Waals surface area contributed by atoms with E-state index in [2.05, 4.69) is 6.92 Å². The summed E-state index contributed by atoms with van der Waals surface area (Å²) in [4.78, 5) is 10.8. The molecule has 0 heterocycles. The molecule has 1 aromatic rings. The summed E-state index contributed by atoms with van der Waals surface area (Å²) < 4.78 is 4.98. The molecule has 2 N–H and O–H groups in total. The van der Waals surface area contributed by atoms with E-state index in [1.54, 1.807) is 6.07 Å². The number of hydrogen-bond donors (Lipinski definition) is 1. The van der Waals surface area contributed by atoms with Gasteiger partial charge in [-0.25, -0.2) is 4.79 Å². The van der Waals surface area contributed by atoms with Gasteiger partial charge in [0.1, 0.15) is 5.75 Å². The van der Waals surface area contributed by atoms with E-state index in [4.69, 9.17) is 10.5 Å². The molecule has 0 fully saturated rings. The second-order valence-electron chi connectivity index (χ2n) is 4.55. The number of hydrogen-bond acceptors (Lipinski definition) is 2. The molecule has 18 heavy (non-hydrogen) atoms. The fraction of sp³-hybridized carbons (Fsp3) is 0.533. The number of para-hydroxylation sites is 1. The van der Waals surface area contributed by atoms with Crippen LogP contribution in [0.1, 0.15) is 51.0 Å². The van der Waals surface area contributed by atoms with Crippen LogP contribution in [0.3, 0.4) is 0 Å². The Labute approximate surface area is 109 Å². The van der Waals surface area contributed by atoms with E-state index in [1.807, 2.05) is 18.2 Å². The second kappa shape index (κ2) is 8.56. The molecule has 0 aromatic heterocycles. The van der Waals surface area contributed by atoms with Crippen molar-refractivity contribution in [2.24, 2.45) is 5.73 Å². The van der Waals surface area contributed by atoms with Crippen molar-refractivity contribution in [2.45, 2.75) is 51.9 Å². The van der Waals surface area contributed by atoms with Gasteiger partial charge < -0.3 is 10.5 Å². The topological polar surface area (TPSA) is 52.3 Å². The SMILES string of the molecule is CCCCCCCCc1ccccc1OC(N)=O. The first-order valence-electron chi connectivity index (χ1n) is 6.79. The number of aryl methyl sites for hydroxylation is 1. The lowest BCUT2D eigenvalue weighted by atomic mass is 10.0. The third kappa shape index (κ3) is 5.71. The van der Waals surface area contributed by atoms with Crippen molar-refractivity contribution in [1.82, 2.24) is 0 Å². The second-order valence-corrected chi connectivity index (χ2v) is 4.55. The molecule has 0 unspecified atom stereocenters. The summed E-state index contributed by atoms with van der Waals surface area (Å²) in [5.74, 6) is 0.596. The maximum absolute atomic E-state index is 10.8. The van der Waals surface area contributed by atoms with E-state index in [9.17, 15) is 4.79 Å². The third-order valence-electron chi connectivity index (χ3n) is 2.98. The Hall–Kier alpha value is -1.51. The summed E-state index contributed by atoms with van der Waals surface area (Å²) in [6.07, 6.45) is 7.74. The van der Waals surface area contributed by atoms with E-state index < -0.39 is 6.09 Å². The molecule has 3 heteroatoms. The minimum absolute atomic E-state index is 0.596. The first kappa shape index (κ1) is 14.6. The van der Waals surface area contributed by atoms with Crippen LogP contribution in [0.4, 0.5) is 4.79 Å². The van der Waals surface area contributed by atoms with Crippen LogP contribution >= 0.6 is 0 Å². The Morgan fingerprint density at radius 1 is 1.11 bits per heavy atom. The van der Waals surface area contributed by atoms with Gasteiger partial charge >= 0.3 is 6.09 Å². The molecular weight excluding hydrogens is 226 g/mol. The lowest BCUT2D eigenvalue weighted by Gasteiger charge is -2.08. The summed E-state index contributed by atoms with van der Waals surface area (Å²) >= 11 is 0. The molecule has 100 valence electrons. The number of unbranched alkanes of at least 4 members (excludes halogenated alkanes) is 5. The smallest absolute Gasteiger partial charge is 0.409 e. The molecule has 0 aliphatic carbocycles. The minimum atomic E-state index is -0.745. The van der Waals surface area contributed by atoms with Crippen LogP contribution in [0.5, 0.6) is 5.75 Å². The standard InChI is InChI=1S/C15H23NO2/c1-2-3-4-5-6-7-10-13-11-8-9-12-14(13)18-15(16)17/h8-9,11-12H,2-7,10H2,1H3,(H2,16,17). The van der Waals surface area contributed by atoms with Crippen LogP contribution in [-0.2, 0) is 6.42 Å². The largest absolute Gasteiger partial charge is 0.410 e. The Balaban J connectivity index is 2.34. The Bertz CT molecular complexity index is 363. The van der Waals surface area contributed by atoms with Crippen molar-refractivity contribution < 1.29 is 9.53 Å². The van der Waals surface area contributed by atoms with Gasteiger partial charge in [-0.2, -0.15) is 0 Å². The fourth-order valence-electron chi connectivity index (χ4n) is 2.01. The van der Waals surface area contributed by atoms with Gasteiger partial charge in [-0.15, -0.1) is 0 Å². The number of carbonyl (C=O) groups is 1. The highest BCUT2D eigenvalue weighted by Crippen LogP contribution is 2.20. The van der Waals surface area contributed by atoms with Gasteiger partial charge in [-0.3, -0.25) is 0 Å². The Kier molecular flexibility index (Phi) is 6.92. The van der Waals surface area contributed by atoms with E-state index in [1.165, 1.54) is 32.1 Å². The Morgan fingerprint density at radius 2 is 1.78 bits per heavy atom. The summed E-state index contributed by atoms with van der Waals surface area (Å²) in [5.41, 5.74) is 6.10. The highest BCUT2D eigenvalue weighted by Gasteiger charge is 2.05. The van der Waals surface area contributed by atoms with Gasteiger partial charge in [0.15, 0.2) is 0 Å². The van der Waals surface area contributed by atoms with E-state index >= 15 is 0 Å². The summed E-state index contributed by atoms with van der Waals surface area (Å²) in [5, 5.41) is 0. The van der Waals surface area contributed by atoms with E-state index in [-0.39, 0.29) is 0 Å². The van der Waals surface area contributed by atoms with Gasteiger partial charge in [0.25, 0.3) is 0 Å². The van der Waals surface area contributed by atoms with Crippen molar-refractivity contribution in [2.75, 3.05) is 0 Å². The average Bonchev–Trinajstić information content (AvgIpc) is 2.35. The normalized spacial score (nSPS) is 10.3. The quantitative estimate of drug-likeness (QED) is 0.707. The molecule has 0 atom stereocenters. The van der Waals surface area contributed by atoms with Crippen LogP contribution in [0.25, 0.3) is 0 Å². The lowest BCUT2D eigenvalue weighted by molar-refractivity contribution is 0.210. The lowest BCUT2D eigenvalue weighted by Crippen LogP contribution is -2.17. The molecule has 0 saturated carbocycles.